The van der Waals surface area contributed by atoms with Crippen LogP contribution in [-0.2, 0) is 5.33 Å². The van der Waals surface area contributed by atoms with Gasteiger partial charge in [0.15, 0.2) is 0 Å². The molecule has 17 heavy (non-hydrogen) atoms. The normalized spacial score (nSPS) is 10.1. The highest BCUT2D eigenvalue weighted by molar-refractivity contribution is 9.08. The van der Waals surface area contributed by atoms with Crippen LogP contribution in [-0.4, -0.2) is 17.7 Å². The van der Waals surface area contributed by atoms with Crippen molar-refractivity contribution in [2.75, 3.05) is 0 Å². The van der Waals surface area contributed by atoms with Crippen LogP contribution in [0.3, 0.4) is 0 Å². The van der Waals surface area contributed by atoms with Crippen LogP contribution in [0.25, 0.3) is 0 Å². The number of ether oxygens (including phenoxy) is 1. The second-order valence-corrected chi connectivity index (χ2v) is 3.50. The number of nitriles is 1. The Labute approximate surface area is 104 Å². The summed E-state index contributed by atoms with van der Waals surface area (Å²) in [6, 6.07) is 3.74. The van der Waals surface area contributed by atoms with Gasteiger partial charge in [-0.3, -0.25) is 0 Å². The van der Waals surface area contributed by atoms with Gasteiger partial charge < -0.3 is 9.84 Å². The molecule has 0 aliphatic carbocycles. The number of carboxylic acids is 1. The molecule has 1 rings (SSSR count). The quantitative estimate of drug-likeness (QED) is 0.868. The summed E-state index contributed by atoms with van der Waals surface area (Å²) < 4.78 is 28.3. The van der Waals surface area contributed by atoms with Gasteiger partial charge in [0.1, 0.15) is 11.8 Å². The Hall–Kier alpha value is -1.68. The van der Waals surface area contributed by atoms with E-state index in [1.807, 2.05) is 0 Å². The van der Waals surface area contributed by atoms with Crippen LogP contribution in [0.2, 0.25) is 0 Å². The molecule has 0 saturated carbocycles. The molecule has 0 aromatic heterocycles. The first-order valence-electron chi connectivity index (χ1n) is 4.30. The highest BCUT2D eigenvalue weighted by Gasteiger charge is 2.17. The van der Waals surface area contributed by atoms with E-state index in [1.165, 1.54) is 0 Å². The zero-order chi connectivity index (χ0) is 13.0. The average Bonchev–Trinajstić information content (AvgIpc) is 2.27. The van der Waals surface area contributed by atoms with E-state index in [-0.39, 0.29) is 27.8 Å². The van der Waals surface area contributed by atoms with E-state index in [0.717, 1.165) is 12.1 Å². The SMILES string of the molecule is N#Cc1cc(C(=O)O)c(CBr)cc1OC(F)F. The maximum atomic E-state index is 12.1. The number of halogens is 3. The van der Waals surface area contributed by atoms with E-state index in [9.17, 15) is 13.6 Å². The lowest BCUT2D eigenvalue weighted by atomic mass is 10.0. The van der Waals surface area contributed by atoms with Crippen molar-refractivity contribution in [3.63, 3.8) is 0 Å². The third-order valence-corrected chi connectivity index (χ3v) is 2.52. The van der Waals surface area contributed by atoms with Crippen molar-refractivity contribution in [2.24, 2.45) is 0 Å². The largest absolute Gasteiger partial charge is 0.478 e. The molecule has 1 N–H and O–H groups in total. The molecule has 0 bridgehead atoms. The smallest absolute Gasteiger partial charge is 0.387 e. The molecule has 7 heteroatoms. The van der Waals surface area contributed by atoms with Gasteiger partial charge >= 0.3 is 12.6 Å². The summed E-state index contributed by atoms with van der Waals surface area (Å²) >= 11 is 3.03. The van der Waals surface area contributed by atoms with Crippen molar-refractivity contribution < 1.29 is 23.4 Å². The molecule has 4 nitrogen and oxygen atoms in total. The van der Waals surface area contributed by atoms with Crippen LogP contribution in [0.1, 0.15) is 21.5 Å². The van der Waals surface area contributed by atoms with Crippen molar-refractivity contribution in [1.82, 2.24) is 0 Å². The van der Waals surface area contributed by atoms with E-state index >= 15 is 0 Å². The molecule has 1 aromatic carbocycles. The minimum Gasteiger partial charge on any atom is -0.478 e. The van der Waals surface area contributed by atoms with E-state index in [1.54, 1.807) is 6.07 Å². The summed E-state index contributed by atoms with van der Waals surface area (Å²) in [6.45, 7) is -3.07. The first kappa shape index (κ1) is 13.4. The molecule has 0 atom stereocenters. The first-order valence-corrected chi connectivity index (χ1v) is 5.42. The van der Waals surface area contributed by atoms with Crippen LogP contribution >= 0.6 is 15.9 Å². The average molecular weight is 306 g/mol. The molecule has 0 heterocycles. The third kappa shape index (κ3) is 3.14. The molecule has 90 valence electrons. The molecule has 0 unspecified atom stereocenters. The topological polar surface area (TPSA) is 70.3 Å². The van der Waals surface area contributed by atoms with E-state index in [4.69, 9.17) is 10.4 Å². The van der Waals surface area contributed by atoms with Gasteiger partial charge in [0.05, 0.1) is 11.1 Å². The van der Waals surface area contributed by atoms with Gasteiger partial charge in [-0.25, -0.2) is 4.79 Å². The molecule has 0 aliphatic heterocycles. The van der Waals surface area contributed by atoms with E-state index < -0.39 is 12.6 Å². The zero-order valence-corrected chi connectivity index (χ0v) is 9.87. The second kappa shape index (κ2) is 5.59. The lowest BCUT2D eigenvalue weighted by Crippen LogP contribution is -2.07. The number of carbonyl (C=O) groups is 1. The Kier molecular flexibility index (Phi) is 4.40. The number of hydrogen-bond donors (Lipinski definition) is 1. The van der Waals surface area contributed by atoms with Gasteiger partial charge in [-0.1, -0.05) is 15.9 Å². The van der Waals surface area contributed by atoms with Gasteiger partial charge in [0.25, 0.3) is 0 Å². The summed E-state index contributed by atoms with van der Waals surface area (Å²) in [4.78, 5) is 10.9. The number of benzene rings is 1. The van der Waals surface area contributed by atoms with Crippen molar-refractivity contribution in [3.8, 4) is 11.8 Å². The Morgan fingerprint density at radius 2 is 2.24 bits per heavy atom. The summed E-state index contributed by atoms with van der Waals surface area (Å²) in [5.41, 5.74) is -0.111. The Morgan fingerprint density at radius 1 is 1.59 bits per heavy atom. The molecule has 0 aliphatic rings. The van der Waals surface area contributed by atoms with Crippen LogP contribution in [0.15, 0.2) is 12.1 Å². The molecule has 0 spiro atoms. The maximum Gasteiger partial charge on any atom is 0.387 e. The number of alkyl halides is 3. The number of aromatic carboxylic acids is 1. The van der Waals surface area contributed by atoms with Gasteiger partial charge in [-0.05, 0) is 17.7 Å². The highest BCUT2D eigenvalue weighted by Crippen LogP contribution is 2.26. The minimum absolute atomic E-state index is 0.125. The van der Waals surface area contributed by atoms with Gasteiger partial charge in [-0.2, -0.15) is 14.0 Å². The molecule has 0 saturated heterocycles. The second-order valence-electron chi connectivity index (χ2n) is 2.93. The predicted octanol–water partition coefficient (Wildman–Crippen LogP) is 2.75. The van der Waals surface area contributed by atoms with Crippen molar-refractivity contribution in [1.29, 1.82) is 5.26 Å². The number of rotatable bonds is 4. The predicted molar refractivity (Wildman–Crippen MR) is 57.4 cm³/mol. The van der Waals surface area contributed by atoms with Crippen LogP contribution < -0.4 is 4.74 Å². The monoisotopic (exact) mass is 305 g/mol. The van der Waals surface area contributed by atoms with Crippen LogP contribution in [0, 0.1) is 11.3 Å². The van der Waals surface area contributed by atoms with E-state index in [0.29, 0.717) is 0 Å². The Bertz CT molecular complexity index is 485. The summed E-state index contributed by atoms with van der Waals surface area (Å²) in [5, 5.41) is 17.7. The summed E-state index contributed by atoms with van der Waals surface area (Å²) in [6.07, 6.45) is 0. The highest BCUT2D eigenvalue weighted by atomic mass is 79.9. The van der Waals surface area contributed by atoms with Crippen molar-refractivity contribution in [2.45, 2.75) is 11.9 Å². The van der Waals surface area contributed by atoms with Gasteiger partial charge in [-0.15, -0.1) is 0 Å². The number of carboxylic acid groups (broad SMARTS) is 1. The Morgan fingerprint density at radius 3 is 2.65 bits per heavy atom. The Balaban J connectivity index is 3.34. The fourth-order valence-corrected chi connectivity index (χ4v) is 1.68. The molecule has 1 aromatic rings. The van der Waals surface area contributed by atoms with Crippen LogP contribution in [0.4, 0.5) is 8.78 Å². The standard InChI is InChI=1S/C10H6BrF2NO3/c11-3-5-2-8(17-10(12)13)6(4-14)1-7(5)9(15)16/h1-2,10H,3H2,(H,15,16). The molecule has 0 radical (unpaired) electrons. The number of nitrogens with zero attached hydrogens (tertiary/aromatic N) is 1. The lowest BCUT2D eigenvalue weighted by molar-refractivity contribution is -0.0500. The van der Waals surface area contributed by atoms with Crippen molar-refractivity contribution >= 4 is 21.9 Å². The minimum atomic E-state index is -3.07. The van der Waals surface area contributed by atoms with E-state index in [2.05, 4.69) is 20.7 Å². The summed E-state index contributed by atoms with van der Waals surface area (Å²) in [5.74, 6) is -1.57. The molecule has 0 fully saturated rings. The molecule has 0 amide bonds. The lowest BCUT2D eigenvalue weighted by Gasteiger charge is -2.10. The molecular formula is C10H6BrF2NO3. The fraction of sp³-hybridized carbons (Fsp3) is 0.200. The number of hydrogen-bond acceptors (Lipinski definition) is 3. The van der Waals surface area contributed by atoms with Gasteiger partial charge in [0.2, 0.25) is 0 Å². The van der Waals surface area contributed by atoms with Crippen molar-refractivity contribution in [3.05, 3.63) is 28.8 Å². The van der Waals surface area contributed by atoms with Gasteiger partial charge in [0, 0.05) is 5.33 Å². The zero-order valence-electron chi connectivity index (χ0n) is 8.28. The van der Waals surface area contributed by atoms with Crippen LogP contribution in [0.5, 0.6) is 5.75 Å². The maximum absolute atomic E-state index is 12.1. The fourth-order valence-electron chi connectivity index (χ4n) is 1.21. The molecular weight excluding hydrogens is 300 g/mol. The third-order valence-electron chi connectivity index (χ3n) is 1.92. The first-order chi connectivity index (χ1) is 7.99. The summed E-state index contributed by atoms with van der Waals surface area (Å²) in [7, 11) is 0.